The zero-order valence-corrected chi connectivity index (χ0v) is 9.79. The maximum Gasteiger partial charge on any atom is 0.0471 e. The third kappa shape index (κ3) is 3.58. The first-order valence-electron chi connectivity index (χ1n) is 6.00. The summed E-state index contributed by atoms with van der Waals surface area (Å²) >= 11 is 0. The van der Waals surface area contributed by atoms with Gasteiger partial charge in [-0.15, -0.1) is 0 Å². The van der Waals surface area contributed by atoms with Crippen LogP contribution in [0.1, 0.15) is 46.5 Å². The average molecular weight is 199 g/mol. The van der Waals surface area contributed by atoms with Crippen LogP contribution in [0.4, 0.5) is 0 Å². The van der Waals surface area contributed by atoms with Crippen molar-refractivity contribution in [3.8, 4) is 0 Å². The van der Waals surface area contributed by atoms with Gasteiger partial charge in [0.2, 0.25) is 0 Å². The van der Waals surface area contributed by atoms with Crippen LogP contribution in [0, 0.1) is 11.8 Å². The van der Waals surface area contributed by atoms with E-state index >= 15 is 0 Å². The molecule has 0 heterocycles. The normalized spacial score (nSPS) is 32.6. The zero-order chi connectivity index (χ0) is 10.6. The van der Waals surface area contributed by atoms with Gasteiger partial charge in [0.1, 0.15) is 0 Å². The van der Waals surface area contributed by atoms with Crippen molar-refractivity contribution in [3.05, 3.63) is 0 Å². The minimum absolute atomic E-state index is 0.288. The van der Waals surface area contributed by atoms with Gasteiger partial charge >= 0.3 is 0 Å². The summed E-state index contributed by atoms with van der Waals surface area (Å²) in [5, 5.41) is 12.7. The van der Waals surface area contributed by atoms with Crippen molar-refractivity contribution in [2.45, 2.75) is 58.5 Å². The van der Waals surface area contributed by atoms with Crippen molar-refractivity contribution < 1.29 is 5.11 Å². The van der Waals surface area contributed by atoms with E-state index in [2.05, 4.69) is 26.1 Å². The van der Waals surface area contributed by atoms with Crippen molar-refractivity contribution in [1.82, 2.24) is 5.32 Å². The fourth-order valence-corrected chi connectivity index (χ4v) is 2.28. The predicted octanol–water partition coefficient (Wildman–Crippen LogP) is 2.17. The van der Waals surface area contributed by atoms with Gasteiger partial charge in [-0.3, -0.25) is 0 Å². The Morgan fingerprint density at radius 3 is 2.64 bits per heavy atom. The summed E-state index contributed by atoms with van der Waals surface area (Å²) in [4.78, 5) is 0. The van der Waals surface area contributed by atoms with E-state index in [4.69, 9.17) is 5.11 Å². The number of nitrogens with one attached hydrogen (secondary N) is 1. The number of rotatable bonds is 4. The molecule has 84 valence electrons. The van der Waals surface area contributed by atoms with Crippen LogP contribution in [0.2, 0.25) is 0 Å². The highest BCUT2D eigenvalue weighted by Crippen LogP contribution is 2.24. The van der Waals surface area contributed by atoms with E-state index in [9.17, 15) is 0 Å². The Labute approximate surface area is 88.1 Å². The van der Waals surface area contributed by atoms with Crippen LogP contribution in [0.3, 0.4) is 0 Å². The fraction of sp³-hybridized carbons (Fsp3) is 1.00. The fourth-order valence-electron chi connectivity index (χ4n) is 2.28. The lowest BCUT2D eigenvalue weighted by Gasteiger charge is -2.31. The summed E-state index contributed by atoms with van der Waals surface area (Å²) in [6, 6.07) is 1.12. The Balaban J connectivity index is 2.28. The summed E-state index contributed by atoms with van der Waals surface area (Å²) in [6.45, 7) is 6.91. The van der Waals surface area contributed by atoms with E-state index in [1.165, 1.54) is 25.7 Å². The molecule has 0 amide bonds. The highest BCUT2D eigenvalue weighted by atomic mass is 16.3. The average Bonchev–Trinajstić information content (AvgIpc) is 2.16. The van der Waals surface area contributed by atoms with E-state index in [0.29, 0.717) is 18.0 Å². The highest BCUT2D eigenvalue weighted by Gasteiger charge is 2.21. The van der Waals surface area contributed by atoms with Gasteiger partial charge < -0.3 is 10.4 Å². The van der Waals surface area contributed by atoms with Crippen LogP contribution in [0.15, 0.2) is 0 Å². The molecule has 1 rings (SSSR count). The summed E-state index contributed by atoms with van der Waals surface area (Å²) in [7, 11) is 0. The van der Waals surface area contributed by atoms with E-state index in [1.807, 2.05) is 0 Å². The smallest absolute Gasteiger partial charge is 0.0471 e. The molecule has 0 radical (unpaired) electrons. The van der Waals surface area contributed by atoms with Gasteiger partial charge in [0, 0.05) is 18.7 Å². The lowest BCUT2D eigenvalue weighted by Crippen LogP contribution is -2.43. The molecule has 0 saturated heterocycles. The standard InChI is InChI=1S/C12H25NO/c1-9-5-4-6-12(7-9)13-11(3)10(2)8-14/h9-14H,4-8H2,1-3H3. The monoisotopic (exact) mass is 199 g/mol. The van der Waals surface area contributed by atoms with Crippen molar-refractivity contribution in [3.63, 3.8) is 0 Å². The molecule has 0 bridgehead atoms. The van der Waals surface area contributed by atoms with E-state index in [1.54, 1.807) is 0 Å². The Kier molecular flexibility index (Phi) is 4.90. The topological polar surface area (TPSA) is 32.3 Å². The summed E-state index contributed by atoms with van der Waals surface area (Å²) in [5.41, 5.74) is 0. The minimum Gasteiger partial charge on any atom is -0.396 e. The third-order valence-corrected chi connectivity index (χ3v) is 3.58. The molecule has 0 aromatic heterocycles. The SMILES string of the molecule is CC1CCCC(NC(C)C(C)CO)C1. The van der Waals surface area contributed by atoms with Crippen molar-refractivity contribution in [2.24, 2.45) is 11.8 Å². The van der Waals surface area contributed by atoms with Crippen LogP contribution in [0.5, 0.6) is 0 Å². The number of hydrogen-bond donors (Lipinski definition) is 2. The van der Waals surface area contributed by atoms with Crippen molar-refractivity contribution in [2.75, 3.05) is 6.61 Å². The highest BCUT2D eigenvalue weighted by molar-refractivity contribution is 4.79. The molecule has 1 aliphatic carbocycles. The number of aliphatic hydroxyl groups excluding tert-OH is 1. The summed E-state index contributed by atoms with van der Waals surface area (Å²) < 4.78 is 0. The molecular formula is C12H25NO. The zero-order valence-electron chi connectivity index (χ0n) is 9.79. The molecule has 1 fully saturated rings. The minimum atomic E-state index is 0.288. The molecule has 4 atom stereocenters. The number of hydrogen-bond acceptors (Lipinski definition) is 2. The Hall–Kier alpha value is -0.0800. The van der Waals surface area contributed by atoms with E-state index < -0.39 is 0 Å². The number of aliphatic hydroxyl groups is 1. The lowest BCUT2D eigenvalue weighted by atomic mass is 9.86. The molecule has 0 aromatic carbocycles. The van der Waals surface area contributed by atoms with Crippen LogP contribution in [-0.4, -0.2) is 23.8 Å². The van der Waals surface area contributed by atoms with Gasteiger partial charge in [-0.1, -0.05) is 26.7 Å². The van der Waals surface area contributed by atoms with Crippen LogP contribution < -0.4 is 5.32 Å². The summed E-state index contributed by atoms with van der Waals surface area (Å²) in [6.07, 6.45) is 5.37. The third-order valence-electron chi connectivity index (χ3n) is 3.58. The van der Waals surface area contributed by atoms with Crippen LogP contribution >= 0.6 is 0 Å². The molecule has 1 aliphatic rings. The molecule has 1 saturated carbocycles. The largest absolute Gasteiger partial charge is 0.396 e. The molecule has 2 N–H and O–H groups in total. The Morgan fingerprint density at radius 2 is 2.07 bits per heavy atom. The lowest BCUT2D eigenvalue weighted by molar-refractivity contribution is 0.187. The van der Waals surface area contributed by atoms with Gasteiger partial charge in [-0.05, 0) is 31.6 Å². The second-order valence-electron chi connectivity index (χ2n) is 5.08. The van der Waals surface area contributed by atoms with Crippen molar-refractivity contribution in [1.29, 1.82) is 0 Å². The Morgan fingerprint density at radius 1 is 1.36 bits per heavy atom. The van der Waals surface area contributed by atoms with Gasteiger partial charge in [-0.25, -0.2) is 0 Å². The second kappa shape index (κ2) is 5.72. The maximum atomic E-state index is 9.05. The molecule has 0 aliphatic heterocycles. The maximum absolute atomic E-state index is 9.05. The van der Waals surface area contributed by atoms with Crippen molar-refractivity contribution >= 4 is 0 Å². The summed E-state index contributed by atoms with van der Waals surface area (Å²) in [5.74, 6) is 1.24. The van der Waals surface area contributed by atoms with Crippen LogP contribution in [0.25, 0.3) is 0 Å². The first kappa shape index (κ1) is 12.0. The molecule has 2 heteroatoms. The predicted molar refractivity (Wildman–Crippen MR) is 60.3 cm³/mol. The molecule has 4 unspecified atom stereocenters. The molecule has 2 nitrogen and oxygen atoms in total. The second-order valence-corrected chi connectivity index (χ2v) is 5.08. The van der Waals surface area contributed by atoms with Crippen LogP contribution in [-0.2, 0) is 0 Å². The molecular weight excluding hydrogens is 174 g/mol. The molecule has 0 aromatic rings. The van der Waals surface area contributed by atoms with E-state index in [-0.39, 0.29) is 6.61 Å². The Bertz CT molecular complexity index is 160. The first-order valence-corrected chi connectivity index (χ1v) is 6.00. The van der Waals surface area contributed by atoms with Gasteiger partial charge in [0.25, 0.3) is 0 Å². The molecule has 0 spiro atoms. The first-order chi connectivity index (χ1) is 6.63. The van der Waals surface area contributed by atoms with Gasteiger partial charge in [0.15, 0.2) is 0 Å². The van der Waals surface area contributed by atoms with Gasteiger partial charge in [0.05, 0.1) is 0 Å². The van der Waals surface area contributed by atoms with Gasteiger partial charge in [-0.2, -0.15) is 0 Å². The molecule has 14 heavy (non-hydrogen) atoms. The van der Waals surface area contributed by atoms with E-state index in [0.717, 1.165) is 5.92 Å². The quantitative estimate of drug-likeness (QED) is 0.727.